The third-order valence-electron chi connectivity index (χ3n) is 3.20. The summed E-state index contributed by atoms with van der Waals surface area (Å²) in [7, 11) is 1.76. The van der Waals surface area contributed by atoms with E-state index in [9.17, 15) is 9.59 Å². The van der Waals surface area contributed by atoms with Crippen LogP contribution in [0.2, 0.25) is 5.02 Å². The summed E-state index contributed by atoms with van der Waals surface area (Å²) in [5.74, 6) is -0.409. The zero-order valence-electron chi connectivity index (χ0n) is 11.9. The fraction of sp³-hybridized carbons (Fsp3) is 0.250. The van der Waals surface area contributed by atoms with Gasteiger partial charge in [-0.25, -0.2) is 0 Å². The highest BCUT2D eigenvalue weighted by Crippen LogP contribution is 2.16. The molecule has 0 aliphatic heterocycles. The monoisotopic (exact) mass is 305 g/mol. The molecule has 0 saturated carbocycles. The second kappa shape index (κ2) is 6.59. The highest BCUT2D eigenvalue weighted by atomic mass is 35.5. The van der Waals surface area contributed by atoms with Crippen LogP contribution in [-0.2, 0) is 23.0 Å². The van der Waals surface area contributed by atoms with Gasteiger partial charge in [0, 0.05) is 23.3 Å². The average Bonchev–Trinajstić information content (AvgIpc) is 2.80. The first-order valence-corrected chi connectivity index (χ1v) is 7.01. The second-order valence-electron chi connectivity index (χ2n) is 4.59. The number of hydrogen-bond acceptors (Lipinski definition) is 3. The van der Waals surface area contributed by atoms with Crippen molar-refractivity contribution < 1.29 is 14.3 Å². The first kappa shape index (κ1) is 15.3. The number of carbonyl (C=O) groups is 2. The van der Waals surface area contributed by atoms with Gasteiger partial charge in [0.2, 0.25) is 5.78 Å². The van der Waals surface area contributed by atoms with E-state index in [0.29, 0.717) is 22.9 Å². The van der Waals surface area contributed by atoms with Crippen molar-refractivity contribution in [2.24, 2.45) is 7.05 Å². The predicted molar refractivity (Wildman–Crippen MR) is 80.6 cm³/mol. The van der Waals surface area contributed by atoms with Crippen molar-refractivity contribution in [1.82, 2.24) is 4.57 Å². The number of esters is 1. The molecule has 2 aromatic rings. The smallest absolute Gasteiger partial charge is 0.311 e. The number of carbonyl (C=O) groups excluding carboxylic acids is 2. The molecule has 1 aromatic heterocycles. The van der Waals surface area contributed by atoms with Gasteiger partial charge in [-0.1, -0.05) is 11.6 Å². The van der Waals surface area contributed by atoms with Crippen molar-refractivity contribution >= 4 is 23.4 Å². The Labute approximate surface area is 128 Å². The van der Waals surface area contributed by atoms with Gasteiger partial charge >= 0.3 is 5.97 Å². The van der Waals surface area contributed by atoms with E-state index in [1.54, 1.807) is 54.9 Å². The molecule has 4 nitrogen and oxygen atoms in total. The number of halogens is 1. The van der Waals surface area contributed by atoms with Crippen LogP contribution >= 0.6 is 11.6 Å². The van der Waals surface area contributed by atoms with E-state index < -0.39 is 0 Å². The molecular weight excluding hydrogens is 290 g/mol. The Hall–Kier alpha value is -2.07. The minimum Gasteiger partial charge on any atom is -0.466 e. The van der Waals surface area contributed by atoms with Gasteiger partial charge < -0.3 is 9.30 Å². The van der Waals surface area contributed by atoms with E-state index in [0.717, 1.165) is 5.69 Å². The van der Waals surface area contributed by atoms with Crippen LogP contribution in [-0.4, -0.2) is 22.9 Å². The lowest BCUT2D eigenvalue weighted by Gasteiger charge is -2.07. The summed E-state index contributed by atoms with van der Waals surface area (Å²) in [6.45, 7) is 2.11. The summed E-state index contributed by atoms with van der Waals surface area (Å²) >= 11 is 5.82. The molecule has 0 spiro atoms. The predicted octanol–water partition coefficient (Wildman–Crippen LogP) is 3.02. The maximum absolute atomic E-state index is 12.4. The molecule has 1 heterocycles. The molecule has 1 aromatic carbocycles. The van der Waals surface area contributed by atoms with Gasteiger partial charge in [0.1, 0.15) is 0 Å². The van der Waals surface area contributed by atoms with Gasteiger partial charge in [0.15, 0.2) is 0 Å². The molecule has 0 unspecified atom stereocenters. The zero-order valence-corrected chi connectivity index (χ0v) is 12.7. The lowest BCUT2D eigenvalue weighted by atomic mass is 10.1. The number of ketones is 1. The van der Waals surface area contributed by atoms with E-state index in [1.807, 2.05) is 0 Å². The van der Waals surface area contributed by atoms with E-state index in [-0.39, 0.29) is 18.2 Å². The van der Waals surface area contributed by atoms with Crippen LogP contribution in [0.1, 0.15) is 28.7 Å². The lowest BCUT2D eigenvalue weighted by molar-refractivity contribution is -0.142. The van der Waals surface area contributed by atoms with Crippen LogP contribution in [0.3, 0.4) is 0 Å². The molecule has 2 rings (SSSR count). The quantitative estimate of drug-likeness (QED) is 0.630. The van der Waals surface area contributed by atoms with Crippen LogP contribution in [0, 0.1) is 0 Å². The van der Waals surface area contributed by atoms with Crippen molar-refractivity contribution in [2.75, 3.05) is 6.61 Å². The fourth-order valence-electron chi connectivity index (χ4n) is 2.07. The van der Waals surface area contributed by atoms with Crippen molar-refractivity contribution in [1.29, 1.82) is 0 Å². The highest BCUT2D eigenvalue weighted by molar-refractivity contribution is 6.30. The normalized spacial score (nSPS) is 10.4. The Bertz CT molecular complexity index is 659. The molecule has 0 bridgehead atoms. The topological polar surface area (TPSA) is 48.3 Å². The third kappa shape index (κ3) is 3.52. The maximum Gasteiger partial charge on any atom is 0.311 e. The maximum atomic E-state index is 12.4. The standard InChI is InChI=1S/C16H16ClNO3/c1-3-21-15(19)10-13-8-9-14(18(13)2)16(20)11-4-6-12(17)7-5-11/h4-9H,3,10H2,1-2H3. The minimum atomic E-state index is -0.302. The molecule has 0 amide bonds. The Morgan fingerprint density at radius 1 is 1.14 bits per heavy atom. The number of nitrogens with zero attached hydrogens (tertiary/aromatic N) is 1. The first-order valence-electron chi connectivity index (χ1n) is 6.63. The van der Waals surface area contributed by atoms with Gasteiger partial charge in [-0.15, -0.1) is 0 Å². The summed E-state index contributed by atoms with van der Waals surface area (Å²) in [6, 6.07) is 10.2. The Kier molecular flexibility index (Phi) is 4.81. The molecule has 0 aliphatic carbocycles. The largest absolute Gasteiger partial charge is 0.466 e. The molecule has 5 heteroatoms. The molecule has 110 valence electrons. The summed E-state index contributed by atoms with van der Waals surface area (Å²) < 4.78 is 6.63. The van der Waals surface area contributed by atoms with Crippen LogP contribution < -0.4 is 0 Å². The van der Waals surface area contributed by atoms with E-state index in [1.165, 1.54) is 0 Å². The van der Waals surface area contributed by atoms with Gasteiger partial charge in [-0.2, -0.15) is 0 Å². The molecule has 0 aliphatic rings. The first-order chi connectivity index (χ1) is 10.0. The SMILES string of the molecule is CCOC(=O)Cc1ccc(C(=O)c2ccc(Cl)cc2)n1C. The van der Waals surface area contributed by atoms with E-state index >= 15 is 0 Å². The Morgan fingerprint density at radius 2 is 1.81 bits per heavy atom. The third-order valence-corrected chi connectivity index (χ3v) is 3.45. The van der Waals surface area contributed by atoms with Crippen molar-refractivity contribution in [3.05, 3.63) is 58.4 Å². The zero-order chi connectivity index (χ0) is 15.4. The van der Waals surface area contributed by atoms with Crippen molar-refractivity contribution in [2.45, 2.75) is 13.3 Å². The number of rotatable bonds is 5. The van der Waals surface area contributed by atoms with Gasteiger partial charge in [0.05, 0.1) is 18.7 Å². The highest BCUT2D eigenvalue weighted by Gasteiger charge is 2.16. The molecule has 0 radical (unpaired) electrons. The van der Waals surface area contributed by atoms with Crippen LogP contribution in [0.25, 0.3) is 0 Å². The minimum absolute atomic E-state index is 0.107. The molecule has 0 saturated heterocycles. The van der Waals surface area contributed by atoms with E-state index in [2.05, 4.69) is 0 Å². The average molecular weight is 306 g/mol. The van der Waals surface area contributed by atoms with E-state index in [4.69, 9.17) is 16.3 Å². The van der Waals surface area contributed by atoms with Crippen LogP contribution in [0.15, 0.2) is 36.4 Å². The summed E-state index contributed by atoms with van der Waals surface area (Å²) in [5, 5.41) is 0.585. The van der Waals surface area contributed by atoms with Gasteiger partial charge in [-0.05, 0) is 43.3 Å². The van der Waals surface area contributed by atoms with Gasteiger partial charge in [-0.3, -0.25) is 9.59 Å². The number of benzene rings is 1. The summed E-state index contributed by atoms with van der Waals surface area (Å²) in [4.78, 5) is 23.9. The lowest BCUT2D eigenvalue weighted by Crippen LogP contribution is -2.13. The van der Waals surface area contributed by atoms with Crippen molar-refractivity contribution in [3.8, 4) is 0 Å². The summed E-state index contributed by atoms with van der Waals surface area (Å²) in [6.07, 6.45) is 0.151. The number of ether oxygens (including phenoxy) is 1. The molecule has 0 N–H and O–H groups in total. The Balaban J connectivity index is 2.21. The molecular formula is C16H16ClNO3. The van der Waals surface area contributed by atoms with Crippen LogP contribution in [0.5, 0.6) is 0 Å². The van der Waals surface area contributed by atoms with Gasteiger partial charge in [0.25, 0.3) is 0 Å². The fourth-order valence-corrected chi connectivity index (χ4v) is 2.19. The summed E-state index contributed by atoms with van der Waals surface area (Å²) in [5.41, 5.74) is 1.82. The number of aromatic nitrogens is 1. The molecule has 0 atom stereocenters. The Morgan fingerprint density at radius 3 is 2.43 bits per heavy atom. The van der Waals surface area contributed by atoms with Crippen LogP contribution in [0.4, 0.5) is 0 Å². The molecule has 21 heavy (non-hydrogen) atoms. The second-order valence-corrected chi connectivity index (χ2v) is 5.02. The number of hydrogen-bond donors (Lipinski definition) is 0. The molecule has 0 fully saturated rings. The van der Waals surface area contributed by atoms with Crippen molar-refractivity contribution in [3.63, 3.8) is 0 Å².